The predicted molar refractivity (Wildman–Crippen MR) is 51.7 cm³/mol. The Morgan fingerprint density at radius 2 is 2.23 bits per heavy atom. The Bertz CT molecular complexity index is 357. The van der Waals surface area contributed by atoms with E-state index in [4.69, 9.17) is 17.1 Å². The normalized spacial score (nSPS) is 10.1. The van der Waals surface area contributed by atoms with E-state index in [9.17, 15) is 4.79 Å². The van der Waals surface area contributed by atoms with Gasteiger partial charge in [0.1, 0.15) is 4.64 Å². The third kappa shape index (κ3) is 2.66. The van der Waals surface area contributed by atoms with Crippen molar-refractivity contribution in [3.05, 3.63) is 29.0 Å². The molecule has 0 saturated carbocycles. The second kappa shape index (κ2) is 4.18. The number of carbonyl (C=O) groups is 1. The number of nitrogens with zero attached hydrogens (tertiary/aromatic N) is 1. The van der Waals surface area contributed by atoms with E-state index in [2.05, 4.69) is 0 Å². The van der Waals surface area contributed by atoms with Crippen LogP contribution >= 0.6 is 12.2 Å². The summed E-state index contributed by atoms with van der Waals surface area (Å²) in [5.41, 5.74) is 0. The topological polar surface area (TPSA) is 31.2 Å². The van der Waals surface area contributed by atoms with Crippen molar-refractivity contribution in [2.24, 2.45) is 5.92 Å². The molecule has 0 bridgehead atoms. The van der Waals surface area contributed by atoms with Crippen molar-refractivity contribution in [1.82, 2.24) is 4.73 Å². The summed E-state index contributed by atoms with van der Waals surface area (Å²) in [4.78, 5) is 16.2. The molecule has 13 heavy (non-hydrogen) atoms. The fourth-order valence-corrected chi connectivity index (χ4v) is 0.867. The van der Waals surface area contributed by atoms with Gasteiger partial charge in [-0.3, -0.25) is 0 Å². The zero-order valence-electron chi connectivity index (χ0n) is 7.56. The van der Waals surface area contributed by atoms with Crippen LogP contribution in [0, 0.1) is 10.6 Å². The van der Waals surface area contributed by atoms with Gasteiger partial charge in [0.25, 0.3) is 0 Å². The molecule has 4 heteroatoms. The van der Waals surface area contributed by atoms with Gasteiger partial charge in [-0.15, -0.1) is 0 Å². The fraction of sp³-hybridized carbons (Fsp3) is 0.333. The Morgan fingerprint density at radius 1 is 1.54 bits per heavy atom. The van der Waals surface area contributed by atoms with Gasteiger partial charge in [-0.1, -0.05) is 32.1 Å². The Hall–Kier alpha value is -1.16. The fourth-order valence-electron chi connectivity index (χ4n) is 0.690. The predicted octanol–water partition coefficient (Wildman–Crippen LogP) is 1.83. The molecule has 1 aromatic heterocycles. The Labute approximate surface area is 81.9 Å². The summed E-state index contributed by atoms with van der Waals surface area (Å²) in [6.45, 7) is 3.55. The highest BCUT2D eigenvalue weighted by Crippen LogP contribution is 1.96. The summed E-state index contributed by atoms with van der Waals surface area (Å²) in [5.74, 6) is -0.440. The standard InChI is InChI=1S/C9H11NO2S/c1-7(2)9(11)12-10-6-4-3-5-8(10)13/h3-7H,1-2H3. The van der Waals surface area contributed by atoms with Crippen molar-refractivity contribution in [1.29, 1.82) is 0 Å². The molecule has 1 aromatic rings. The molecule has 1 heterocycles. The van der Waals surface area contributed by atoms with E-state index < -0.39 is 0 Å². The maximum absolute atomic E-state index is 11.2. The van der Waals surface area contributed by atoms with Crippen LogP contribution in [0.15, 0.2) is 24.4 Å². The molecule has 0 unspecified atom stereocenters. The second-order valence-corrected chi connectivity index (χ2v) is 3.35. The lowest BCUT2D eigenvalue weighted by Gasteiger charge is -2.08. The highest BCUT2D eigenvalue weighted by atomic mass is 32.1. The van der Waals surface area contributed by atoms with E-state index in [1.54, 1.807) is 38.2 Å². The van der Waals surface area contributed by atoms with Gasteiger partial charge in [-0.2, -0.15) is 4.73 Å². The molecule has 3 nitrogen and oxygen atoms in total. The number of rotatable bonds is 2. The van der Waals surface area contributed by atoms with Crippen LogP contribution < -0.4 is 4.84 Å². The molecule has 0 N–H and O–H groups in total. The number of carbonyl (C=O) groups excluding carboxylic acids is 1. The summed E-state index contributed by atoms with van der Waals surface area (Å²) in [6.07, 6.45) is 1.61. The van der Waals surface area contributed by atoms with Crippen molar-refractivity contribution < 1.29 is 9.63 Å². The molecule has 0 aliphatic carbocycles. The summed E-state index contributed by atoms with van der Waals surface area (Å²) in [5, 5.41) is 0. The van der Waals surface area contributed by atoms with Gasteiger partial charge in [0, 0.05) is 6.20 Å². The van der Waals surface area contributed by atoms with Crippen molar-refractivity contribution >= 4 is 18.2 Å². The molecule has 0 fully saturated rings. The minimum atomic E-state index is -0.290. The maximum Gasteiger partial charge on any atom is 0.335 e. The lowest BCUT2D eigenvalue weighted by molar-refractivity contribution is -0.148. The monoisotopic (exact) mass is 197 g/mol. The molecular formula is C9H11NO2S. The Kier molecular flexibility index (Phi) is 3.19. The van der Waals surface area contributed by atoms with E-state index in [1.165, 1.54) is 4.73 Å². The van der Waals surface area contributed by atoms with Crippen LogP contribution in [0.2, 0.25) is 0 Å². The van der Waals surface area contributed by atoms with Crippen LogP contribution in [0.1, 0.15) is 13.8 Å². The molecule has 0 aromatic carbocycles. The minimum absolute atomic E-state index is 0.151. The first-order valence-electron chi connectivity index (χ1n) is 4.01. The average Bonchev–Trinajstić information content (AvgIpc) is 2.08. The van der Waals surface area contributed by atoms with E-state index in [0.717, 1.165) is 0 Å². The van der Waals surface area contributed by atoms with Gasteiger partial charge in [-0.25, -0.2) is 4.79 Å². The van der Waals surface area contributed by atoms with Crippen molar-refractivity contribution in [3.8, 4) is 0 Å². The average molecular weight is 197 g/mol. The number of hydrogen-bond donors (Lipinski definition) is 0. The lowest BCUT2D eigenvalue weighted by Crippen LogP contribution is -2.24. The van der Waals surface area contributed by atoms with E-state index in [-0.39, 0.29) is 11.9 Å². The van der Waals surface area contributed by atoms with Crippen molar-refractivity contribution in [2.45, 2.75) is 13.8 Å². The number of hydrogen-bond acceptors (Lipinski definition) is 3. The molecule has 0 atom stereocenters. The van der Waals surface area contributed by atoms with Gasteiger partial charge < -0.3 is 4.84 Å². The first-order valence-corrected chi connectivity index (χ1v) is 4.42. The first kappa shape index (κ1) is 9.92. The van der Waals surface area contributed by atoms with Crippen molar-refractivity contribution in [3.63, 3.8) is 0 Å². The lowest BCUT2D eigenvalue weighted by atomic mass is 10.2. The third-order valence-corrected chi connectivity index (χ3v) is 1.76. The largest absolute Gasteiger partial charge is 0.335 e. The Morgan fingerprint density at radius 3 is 2.77 bits per heavy atom. The zero-order chi connectivity index (χ0) is 9.84. The third-order valence-electron chi connectivity index (χ3n) is 1.45. The number of pyridine rings is 1. The van der Waals surface area contributed by atoms with Gasteiger partial charge in [0.05, 0.1) is 5.92 Å². The van der Waals surface area contributed by atoms with E-state index in [1.807, 2.05) is 0 Å². The highest BCUT2D eigenvalue weighted by Gasteiger charge is 2.08. The van der Waals surface area contributed by atoms with Gasteiger partial charge in [0.2, 0.25) is 0 Å². The maximum atomic E-state index is 11.2. The van der Waals surface area contributed by atoms with Crippen LogP contribution in [-0.4, -0.2) is 10.7 Å². The van der Waals surface area contributed by atoms with E-state index in [0.29, 0.717) is 4.64 Å². The summed E-state index contributed by atoms with van der Waals surface area (Å²) >= 11 is 4.94. The van der Waals surface area contributed by atoms with E-state index >= 15 is 0 Å². The van der Waals surface area contributed by atoms with Crippen LogP contribution in [0.3, 0.4) is 0 Å². The highest BCUT2D eigenvalue weighted by molar-refractivity contribution is 7.71. The van der Waals surface area contributed by atoms with Gasteiger partial charge in [0.15, 0.2) is 0 Å². The first-order chi connectivity index (χ1) is 6.11. The van der Waals surface area contributed by atoms with Gasteiger partial charge in [-0.05, 0) is 12.1 Å². The summed E-state index contributed by atoms with van der Waals surface area (Å²) < 4.78 is 1.77. The molecule has 0 aliphatic heterocycles. The molecule has 0 radical (unpaired) electrons. The van der Waals surface area contributed by atoms with Crippen LogP contribution in [0.25, 0.3) is 0 Å². The molecule has 70 valence electrons. The number of aromatic nitrogens is 1. The quantitative estimate of drug-likeness (QED) is 0.678. The summed E-state index contributed by atoms with van der Waals surface area (Å²) in [6, 6.07) is 5.24. The molecule has 0 aliphatic rings. The second-order valence-electron chi connectivity index (χ2n) is 2.93. The zero-order valence-corrected chi connectivity index (χ0v) is 8.38. The molecule has 0 amide bonds. The molecule has 0 spiro atoms. The van der Waals surface area contributed by atoms with Gasteiger partial charge >= 0.3 is 5.97 Å². The smallest absolute Gasteiger partial charge is 0.335 e. The van der Waals surface area contributed by atoms with Crippen LogP contribution in [0.4, 0.5) is 0 Å². The van der Waals surface area contributed by atoms with Crippen LogP contribution in [-0.2, 0) is 4.79 Å². The molecule has 1 rings (SSSR count). The molecule has 0 saturated heterocycles. The minimum Gasteiger partial charge on any atom is -0.335 e. The summed E-state index contributed by atoms with van der Waals surface area (Å²) in [7, 11) is 0. The van der Waals surface area contributed by atoms with Crippen molar-refractivity contribution in [2.75, 3.05) is 0 Å². The molecular weight excluding hydrogens is 186 g/mol. The van der Waals surface area contributed by atoms with Crippen LogP contribution in [0.5, 0.6) is 0 Å². The SMILES string of the molecule is CC(C)C(=O)On1ccccc1=S. The Balaban J connectivity index is 2.81.